The summed E-state index contributed by atoms with van der Waals surface area (Å²) in [7, 11) is 0. The largest absolute Gasteiger partial charge is 0.508 e. The molecule has 0 aliphatic heterocycles. The number of aryl methyl sites for hydroxylation is 1. The lowest BCUT2D eigenvalue weighted by molar-refractivity contribution is 0.436. The minimum Gasteiger partial charge on any atom is -0.508 e. The molecule has 0 aliphatic rings. The molecule has 0 unspecified atom stereocenters. The summed E-state index contributed by atoms with van der Waals surface area (Å²) in [5.74, 6) is 0.479. The molecule has 0 aliphatic carbocycles. The highest BCUT2D eigenvalue weighted by molar-refractivity contribution is 5.53. The predicted octanol–water partition coefficient (Wildman–Crippen LogP) is 7.40. The fraction of sp³-hybridized carbons (Fsp3) is 0.583. The average Bonchev–Trinajstić information content (AvgIpc) is 2.60. The summed E-state index contributed by atoms with van der Waals surface area (Å²) in [5, 5.41) is 20.8. The third kappa shape index (κ3) is 8.60. The topological polar surface area (TPSA) is 40.5 Å². The maximum Gasteiger partial charge on any atom is 0.125 e. The molecule has 0 aromatic heterocycles. The molecule has 0 saturated heterocycles. The van der Waals surface area contributed by atoms with Crippen molar-refractivity contribution in [2.24, 2.45) is 0 Å². The van der Waals surface area contributed by atoms with Crippen molar-refractivity contribution in [1.29, 1.82) is 0 Å². The molecule has 2 nitrogen and oxygen atoms in total. The van der Waals surface area contributed by atoms with Gasteiger partial charge in [0.2, 0.25) is 0 Å². The van der Waals surface area contributed by atoms with E-state index in [1.807, 2.05) is 26.8 Å². The minimum absolute atomic E-state index is 0.220. The Labute approximate surface area is 161 Å². The molecule has 0 spiro atoms. The van der Waals surface area contributed by atoms with E-state index in [-0.39, 0.29) is 11.5 Å². The molecule has 0 atom stereocenters. The first-order valence-electron chi connectivity index (χ1n) is 10.2. The van der Waals surface area contributed by atoms with Crippen molar-refractivity contribution >= 4 is 0 Å². The number of phenols is 2. The Morgan fingerprint density at radius 3 is 2.27 bits per heavy atom. The highest BCUT2D eigenvalue weighted by atomic mass is 16.3. The maximum absolute atomic E-state index is 10.5. The first-order chi connectivity index (χ1) is 12.4. The number of unbranched alkanes of at least 4 members (excludes halogenated alkanes) is 2. The molecule has 1 aromatic rings. The van der Waals surface area contributed by atoms with E-state index in [9.17, 15) is 10.2 Å². The van der Waals surface area contributed by atoms with E-state index >= 15 is 0 Å². The smallest absolute Gasteiger partial charge is 0.125 e. The summed E-state index contributed by atoms with van der Waals surface area (Å²) < 4.78 is 0. The number of hydrogen-bond donors (Lipinski definition) is 2. The van der Waals surface area contributed by atoms with Gasteiger partial charge in [-0.15, -0.1) is 0 Å². The summed E-state index contributed by atoms with van der Waals surface area (Å²) in [4.78, 5) is 0. The van der Waals surface area contributed by atoms with E-state index in [0.717, 1.165) is 36.8 Å². The SMILES string of the molecule is CC.CCCCCc1cc(O)c(C/C=C(\C)CCC=C(C)C)c(O)c1C. The second kappa shape index (κ2) is 13.5. The van der Waals surface area contributed by atoms with Gasteiger partial charge in [0.05, 0.1) is 0 Å². The molecular weight excluding hydrogens is 320 g/mol. The molecule has 0 saturated carbocycles. The van der Waals surface area contributed by atoms with Crippen LogP contribution < -0.4 is 0 Å². The zero-order chi connectivity index (χ0) is 20.1. The maximum atomic E-state index is 10.5. The fourth-order valence-corrected chi connectivity index (χ4v) is 2.85. The van der Waals surface area contributed by atoms with Gasteiger partial charge < -0.3 is 10.2 Å². The zero-order valence-corrected chi connectivity index (χ0v) is 18.1. The standard InChI is InChI=1S/C22H34O2.C2H6/c1-6-7-8-12-19-15-21(23)20(22(24)18(19)5)14-13-17(4)11-9-10-16(2)3;1-2/h10,13,15,23-24H,6-9,11-12,14H2,1-5H3;1-2H3/b17-13+;. The summed E-state index contributed by atoms with van der Waals surface area (Å²) >= 11 is 0. The van der Waals surface area contributed by atoms with Crippen LogP contribution in [-0.2, 0) is 12.8 Å². The number of benzene rings is 1. The second-order valence-corrected chi connectivity index (χ2v) is 7.04. The van der Waals surface area contributed by atoms with Crippen LogP contribution in [0.25, 0.3) is 0 Å². The van der Waals surface area contributed by atoms with Gasteiger partial charge >= 0.3 is 0 Å². The van der Waals surface area contributed by atoms with E-state index < -0.39 is 0 Å². The molecule has 0 amide bonds. The highest BCUT2D eigenvalue weighted by Crippen LogP contribution is 2.34. The first kappa shape index (κ1) is 24.3. The van der Waals surface area contributed by atoms with E-state index in [2.05, 4.69) is 39.8 Å². The quantitative estimate of drug-likeness (QED) is 0.356. The van der Waals surface area contributed by atoms with Gasteiger partial charge in [0.1, 0.15) is 11.5 Å². The predicted molar refractivity (Wildman–Crippen MR) is 115 cm³/mol. The average molecular weight is 361 g/mol. The van der Waals surface area contributed by atoms with E-state index in [0.29, 0.717) is 12.0 Å². The lowest BCUT2D eigenvalue weighted by Crippen LogP contribution is -1.95. The van der Waals surface area contributed by atoms with Gasteiger partial charge in [0, 0.05) is 5.56 Å². The molecule has 1 rings (SSSR count). The minimum atomic E-state index is 0.220. The van der Waals surface area contributed by atoms with Crippen LogP contribution >= 0.6 is 0 Å². The van der Waals surface area contributed by atoms with Crippen LogP contribution in [0.5, 0.6) is 11.5 Å². The van der Waals surface area contributed by atoms with Crippen LogP contribution in [0.15, 0.2) is 29.4 Å². The second-order valence-electron chi connectivity index (χ2n) is 7.04. The Morgan fingerprint density at radius 1 is 1.04 bits per heavy atom. The monoisotopic (exact) mass is 360 g/mol. The van der Waals surface area contributed by atoms with Crippen molar-refractivity contribution in [3.05, 3.63) is 46.1 Å². The van der Waals surface area contributed by atoms with Gasteiger partial charge in [-0.3, -0.25) is 0 Å². The third-order valence-corrected chi connectivity index (χ3v) is 4.54. The molecule has 148 valence electrons. The van der Waals surface area contributed by atoms with Crippen LogP contribution in [0.4, 0.5) is 0 Å². The number of rotatable bonds is 9. The first-order valence-corrected chi connectivity index (χ1v) is 10.2. The van der Waals surface area contributed by atoms with Crippen molar-refractivity contribution in [2.45, 2.75) is 93.4 Å². The molecule has 2 heteroatoms. The molecule has 0 bridgehead atoms. The van der Waals surface area contributed by atoms with Gasteiger partial charge in [-0.1, -0.05) is 56.9 Å². The summed E-state index contributed by atoms with van der Waals surface area (Å²) in [5.41, 5.74) is 5.25. The van der Waals surface area contributed by atoms with Crippen LogP contribution in [0.2, 0.25) is 0 Å². The Hall–Kier alpha value is -1.70. The van der Waals surface area contributed by atoms with E-state index in [4.69, 9.17) is 0 Å². The van der Waals surface area contributed by atoms with Gasteiger partial charge in [0.15, 0.2) is 0 Å². The Kier molecular flexibility index (Phi) is 12.6. The van der Waals surface area contributed by atoms with Crippen molar-refractivity contribution in [3.8, 4) is 11.5 Å². The van der Waals surface area contributed by atoms with Crippen LogP contribution in [0, 0.1) is 6.92 Å². The van der Waals surface area contributed by atoms with E-state index in [1.54, 1.807) is 0 Å². The van der Waals surface area contributed by atoms with Gasteiger partial charge in [-0.05, 0) is 77.0 Å². The van der Waals surface area contributed by atoms with Crippen LogP contribution in [0.3, 0.4) is 0 Å². The zero-order valence-electron chi connectivity index (χ0n) is 18.1. The summed E-state index contributed by atoms with van der Waals surface area (Å²) in [6, 6.07) is 1.84. The van der Waals surface area contributed by atoms with Crippen LogP contribution in [-0.4, -0.2) is 10.2 Å². The highest BCUT2D eigenvalue weighted by Gasteiger charge is 2.13. The third-order valence-electron chi connectivity index (χ3n) is 4.54. The molecule has 2 N–H and O–H groups in total. The van der Waals surface area contributed by atoms with Crippen molar-refractivity contribution in [2.75, 3.05) is 0 Å². The Morgan fingerprint density at radius 2 is 1.69 bits per heavy atom. The molecule has 0 radical (unpaired) electrons. The number of aromatic hydroxyl groups is 2. The van der Waals surface area contributed by atoms with Crippen molar-refractivity contribution in [1.82, 2.24) is 0 Å². The normalized spacial score (nSPS) is 11.0. The molecular formula is C24H40O2. The summed E-state index contributed by atoms with van der Waals surface area (Å²) in [6.07, 6.45) is 11.3. The van der Waals surface area contributed by atoms with Gasteiger partial charge in [-0.25, -0.2) is 0 Å². The number of allylic oxidation sites excluding steroid dienone is 4. The lowest BCUT2D eigenvalue weighted by Gasteiger charge is -2.13. The Bertz CT molecular complexity index is 591. The lowest BCUT2D eigenvalue weighted by atomic mass is 9.95. The molecule has 1 aromatic carbocycles. The van der Waals surface area contributed by atoms with Gasteiger partial charge in [-0.2, -0.15) is 0 Å². The van der Waals surface area contributed by atoms with Gasteiger partial charge in [0.25, 0.3) is 0 Å². The van der Waals surface area contributed by atoms with Crippen molar-refractivity contribution in [3.63, 3.8) is 0 Å². The van der Waals surface area contributed by atoms with Crippen molar-refractivity contribution < 1.29 is 10.2 Å². The van der Waals surface area contributed by atoms with Crippen LogP contribution in [0.1, 0.15) is 90.3 Å². The summed E-state index contributed by atoms with van der Waals surface area (Å²) in [6.45, 7) is 14.5. The molecule has 26 heavy (non-hydrogen) atoms. The molecule has 0 heterocycles. The fourth-order valence-electron chi connectivity index (χ4n) is 2.85. The Balaban J connectivity index is 0.00000301. The number of phenolic OH excluding ortho intramolecular Hbond substituents is 2. The molecule has 0 fully saturated rings. The van der Waals surface area contributed by atoms with E-state index in [1.165, 1.54) is 24.0 Å². The number of hydrogen-bond acceptors (Lipinski definition) is 2.